The van der Waals surface area contributed by atoms with E-state index >= 15 is 0 Å². The molecular formula is C22H29N5O2S. The van der Waals surface area contributed by atoms with Crippen molar-refractivity contribution in [2.75, 3.05) is 19.6 Å². The molecule has 0 N–H and O–H groups in total. The van der Waals surface area contributed by atoms with Crippen LogP contribution >= 0.6 is 11.3 Å². The highest BCUT2D eigenvalue weighted by Gasteiger charge is 2.36. The van der Waals surface area contributed by atoms with Gasteiger partial charge < -0.3 is 9.80 Å². The van der Waals surface area contributed by atoms with Crippen LogP contribution in [0.2, 0.25) is 0 Å². The van der Waals surface area contributed by atoms with Crippen LogP contribution in [0.25, 0.3) is 0 Å². The van der Waals surface area contributed by atoms with Crippen LogP contribution in [0.4, 0.5) is 0 Å². The third-order valence-electron chi connectivity index (χ3n) is 6.25. The van der Waals surface area contributed by atoms with Crippen molar-refractivity contribution >= 4 is 23.2 Å². The van der Waals surface area contributed by atoms with Gasteiger partial charge in [0.2, 0.25) is 5.91 Å². The summed E-state index contributed by atoms with van der Waals surface area (Å²) in [4.78, 5) is 42.7. The molecule has 2 aliphatic heterocycles. The first kappa shape index (κ1) is 20.9. The quantitative estimate of drug-likeness (QED) is 0.749. The smallest absolute Gasteiger partial charge is 0.274 e. The van der Waals surface area contributed by atoms with Crippen LogP contribution in [0.1, 0.15) is 59.0 Å². The maximum Gasteiger partial charge on any atom is 0.274 e. The number of hydrogen-bond acceptors (Lipinski definition) is 6. The van der Waals surface area contributed by atoms with Gasteiger partial charge in [-0.2, -0.15) is 0 Å². The molecule has 160 valence electrons. The van der Waals surface area contributed by atoms with Crippen molar-refractivity contribution in [2.45, 2.75) is 58.4 Å². The summed E-state index contributed by atoms with van der Waals surface area (Å²) in [5.74, 6) is 0.577. The van der Waals surface area contributed by atoms with E-state index in [1.165, 1.54) is 0 Å². The molecule has 2 fully saturated rings. The van der Waals surface area contributed by atoms with Gasteiger partial charge in [-0.1, -0.05) is 0 Å². The maximum atomic E-state index is 13.1. The molecule has 0 unspecified atom stereocenters. The molecule has 1 atom stereocenters. The van der Waals surface area contributed by atoms with Crippen molar-refractivity contribution in [1.29, 1.82) is 0 Å². The third kappa shape index (κ3) is 4.69. The molecular weight excluding hydrogens is 398 g/mol. The zero-order valence-corrected chi connectivity index (χ0v) is 18.5. The van der Waals surface area contributed by atoms with Crippen molar-refractivity contribution in [2.24, 2.45) is 5.92 Å². The lowest BCUT2D eigenvalue weighted by atomic mass is 9.83. The SMILES string of the molecule is Cc1cnc(C(=O)N2CCCC[C@H]2C2CCN(C(=O)Cc3csc(C)n3)CC2)cn1. The average Bonchev–Trinajstić information content (AvgIpc) is 3.18. The van der Waals surface area contributed by atoms with Crippen molar-refractivity contribution in [3.05, 3.63) is 39.9 Å². The predicted molar refractivity (Wildman–Crippen MR) is 115 cm³/mol. The summed E-state index contributed by atoms with van der Waals surface area (Å²) >= 11 is 1.59. The normalized spacial score (nSPS) is 20.4. The number of aromatic nitrogens is 3. The minimum absolute atomic E-state index is 0.00962. The molecule has 0 aliphatic carbocycles. The number of likely N-dealkylation sites (tertiary alicyclic amines) is 2. The second-order valence-corrected chi connectivity index (χ2v) is 9.42. The van der Waals surface area contributed by atoms with Gasteiger partial charge in [0.1, 0.15) is 5.69 Å². The Balaban J connectivity index is 1.36. The number of rotatable bonds is 4. The molecule has 2 saturated heterocycles. The van der Waals surface area contributed by atoms with Crippen LogP contribution in [-0.4, -0.2) is 62.2 Å². The van der Waals surface area contributed by atoms with Crippen LogP contribution in [0.15, 0.2) is 17.8 Å². The van der Waals surface area contributed by atoms with Crippen LogP contribution in [0.3, 0.4) is 0 Å². The fourth-order valence-corrected chi connectivity index (χ4v) is 5.25. The fourth-order valence-electron chi connectivity index (χ4n) is 4.64. The largest absolute Gasteiger partial charge is 0.342 e. The molecule has 2 amide bonds. The summed E-state index contributed by atoms with van der Waals surface area (Å²) in [6, 6.07) is 0.229. The number of thiazole rings is 1. The van der Waals surface area contributed by atoms with Gasteiger partial charge in [0.15, 0.2) is 0 Å². The standard InChI is InChI=1S/C22H29N5O2S/c1-15-12-24-19(13-23-15)22(29)27-8-4-3-5-20(27)17-6-9-26(10-7-17)21(28)11-18-14-30-16(2)25-18/h12-14,17,20H,3-11H2,1-2H3/t20-/m0/s1. The van der Waals surface area contributed by atoms with Gasteiger partial charge in [0, 0.05) is 37.3 Å². The Morgan fingerprint density at radius 2 is 1.87 bits per heavy atom. The summed E-state index contributed by atoms with van der Waals surface area (Å²) < 4.78 is 0. The topological polar surface area (TPSA) is 79.3 Å². The van der Waals surface area contributed by atoms with Crippen molar-refractivity contribution in [3.63, 3.8) is 0 Å². The molecule has 8 heteroatoms. The molecule has 0 bridgehead atoms. The maximum absolute atomic E-state index is 13.1. The zero-order valence-electron chi connectivity index (χ0n) is 17.7. The van der Waals surface area contributed by atoms with Crippen LogP contribution in [0, 0.1) is 19.8 Å². The minimum Gasteiger partial charge on any atom is -0.342 e. The van der Waals surface area contributed by atoms with E-state index in [1.807, 2.05) is 29.0 Å². The predicted octanol–water partition coefficient (Wildman–Crippen LogP) is 3.03. The zero-order chi connectivity index (χ0) is 21.1. The van der Waals surface area contributed by atoms with E-state index < -0.39 is 0 Å². The fraction of sp³-hybridized carbons (Fsp3) is 0.591. The minimum atomic E-state index is -0.00962. The van der Waals surface area contributed by atoms with Gasteiger partial charge in [0.05, 0.1) is 29.0 Å². The number of carbonyl (C=O) groups excluding carboxylic acids is 2. The van der Waals surface area contributed by atoms with E-state index in [0.29, 0.717) is 18.0 Å². The molecule has 0 spiro atoms. The van der Waals surface area contributed by atoms with E-state index in [0.717, 1.165) is 68.1 Å². The summed E-state index contributed by atoms with van der Waals surface area (Å²) in [5.41, 5.74) is 2.11. The summed E-state index contributed by atoms with van der Waals surface area (Å²) in [7, 11) is 0. The van der Waals surface area contributed by atoms with Crippen LogP contribution < -0.4 is 0 Å². The van der Waals surface area contributed by atoms with Gasteiger partial charge in [-0.25, -0.2) is 9.97 Å². The van der Waals surface area contributed by atoms with E-state index in [2.05, 4.69) is 15.0 Å². The summed E-state index contributed by atoms with van der Waals surface area (Å²) in [6.07, 6.45) is 8.72. The number of nitrogens with zero attached hydrogens (tertiary/aromatic N) is 5. The Bertz CT molecular complexity index is 889. The molecule has 4 heterocycles. The van der Waals surface area contributed by atoms with Gasteiger partial charge in [0.25, 0.3) is 5.91 Å². The second-order valence-electron chi connectivity index (χ2n) is 8.36. The Hall–Kier alpha value is -2.35. The summed E-state index contributed by atoms with van der Waals surface area (Å²) in [6.45, 7) is 6.13. The van der Waals surface area contributed by atoms with Crippen molar-refractivity contribution in [3.8, 4) is 0 Å². The first-order chi connectivity index (χ1) is 14.5. The third-order valence-corrected chi connectivity index (χ3v) is 7.07. The van der Waals surface area contributed by atoms with Crippen LogP contribution in [0.5, 0.6) is 0 Å². The Labute approximate surface area is 181 Å². The monoisotopic (exact) mass is 427 g/mol. The van der Waals surface area contributed by atoms with E-state index in [9.17, 15) is 9.59 Å². The Kier molecular flexibility index (Phi) is 6.41. The van der Waals surface area contributed by atoms with Gasteiger partial charge in [-0.05, 0) is 51.9 Å². The number of amides is 2. The van der Waals surface area contributed by atoms with Crippen molar-refractivity contribution in [1.82, 2.24) is 24.8 Å². The molecule has 4 rings (SSSR count). The second kappa shape index (κ2) is 9.20. The number of aryl methyl sites for hydroxylation is 2. The number of piperidine rings is 2. The molecule has 0 saturated carbocycles. The first-order valence-electron chi connectivity index (χ1n) is 10.8. The van der Waals surface area contributed by atoms with Crippen molar-refractivity contribution < 1.29 is 9.59 Å². The van der Waals surface area contributed by atoms with Crippen LogP contribution in [-0.2, 0) is 11.2 Å². The average molecular weight is 428 g/mol. The molecule has 0 aromatic carbocycles. The van der Waals surface area contributed by atoms with Gasteiger partial charge in [-0.3, -0.25) is 14.6 Å². The highest BCUT2D eigenvalue weighted by atomic mass is 32.1. The Morgan fingerprint density at radius 3 is 2.53 bits per heavy atom. The number of carbonyl (C=O) groups is 2. The lowest BCUT2D eigenvalue weighted by molar-refractivity contribution is -0.132. The molecule has 0 radical (unpaired) electrons. The van der Waals surface area contributed by atoms with E-state index in [-0.39, 0.29) is 17.9 Å². The lowest BCUT2D eigenvalue weighted by Crippen LogP contribution is -2.51. The lowest BCUT2D eigenvalue weighted by Gasteiger charge is -2.43. The Morgan fingerprint density at radius 1 is 1.07 bits per heavy atom. The first-order valence-corrected chi connectivity index (χ1v) is 11.7. The number of hydrogen-bond donors (Lipinski definition) is 0. The highest BCUT2D eigenvalue weighted by molar-refractivity contribution is 7.09. The van der Waals surface area contributed by atoms with E-state index in [4.69, 9.17) is 0 Å². The summed E-state index contributed by atoms with van der Waals surface area (Å²) in [5, 5.41) is 2.97. The van der Waals surface area contributed by atoms with Gasteiger partial charge in [-0.15, -0.1) is 11.3 Å². The molecule has 2 aromatic rings. The highest BCUT2D eigenvalue weighted by Crippen LogP contribution is 2.31. The molecule has 2 aliphatic rings. The van der Waals surface area contributed by atoms with E-state index in [1.54, 1.807) is 23.7 Å². The molecule has 2 aromatic heterocycles. The molecule has 30 heavy (non-hydrogen) atoms. The molecule has 7 nitrogen and oxygen atoms in total. The van der Waals surface area contributed by atoms with Gasteiger partial charge >= 0.3 is 0 Å².